The molecule has 2 fully saturated rings. The Balaban J connectivity index is 1.30. The van der Waals surface area contributed by atoms with Crippen LogP contribution in [0.3, 0.4) is 0 Å². The van der Waals surface area contributed by atoms with Gasteiger partial charge in [-0.05, 0) is 51.2 Å². The Morgan fingerprint density at radius 2 is 1.97 bits per heavy atom. The lowest BCUT2D eigenvalue weighted by molar-refractivity contribution is 0.0207. The fourth-order valence-corrected chi connectivity index (χ4v) is 3.87. The van der Waals surface area contributed by atoms with Crippen LogP contribution in [-0.2, 0) is 4.74 Å². The highest BCUT2D eigenvalue weighted by Gasteiger charge is 2.29. The van der Waals surface area contributed by atoms with Crippen LogP contribution in [0.5, 0.6) is 11.6 Å². The Kier molecular flexibility index (Phi) is 4.94. The summed E-state index contributed by atoms with van der Waals surface area (Å²) in [6, 6.07) is 3.85. The number of carbonyl (C=O) groups is 1. The Morgan fingerprint density at radius 1 is 1.13 bits per heavy atom. The van der Waals surface area contributed by atoms with Gasteiger partial charge in [-0.1, -0.05) is 0 Å². The van der Waals surface area contributed by atoms with E-state index in [4.69, 9.17) is 9.47 Å². The Bertz CT molecular complexity index is 1060. The molecule has 1 amide bonds. The number of rotatable bonds is 4. The quantitative estimate of drug-likeness (QED) is 0.650. The predicted molar refractivity (Wildman–Crippen MR) is 108 cm³/mol. The third kappa shape index (κ3) is 3.55. The summed E-state index contributed by atoms with van der Waals surface area (Å²) in [6.07, 6.45) is 9.63. The zero-order chi connectivity index (χ0) is 20.5. The van der Waals surface area contributed by atoms with Crippen molar-refractivity contribution in [2.75, 3.05) is 13.1 Å². The first-order chi connectivity index (χ1) is 14.7. The summed E-state index contributed by atoms with van der Waals surface area (Å²) in [5.74, 6) is 1.12. The second-order valence-electron chi connectivity index (χ2n) is 7.85. The van der Waals surface area contributed by atoms with Crippen molar-refractivity contribution in [1.29, 1.82) is 0 Å². The van der Waals surface area contributed by atoms with Crippen LogP contribution in [0, 0.1) is 6.92 Å². The van der Waals surface area contributed by atoms with Crippen molar-refractivity contribution in [3.63, 3.8) is 0 Å². The highest BCUT2D eigenvalue weighted by atomic mass is 16.6. The number of aromatic nitrogens is 5. The molecule has 0 N–H and O–H groups in total. The Morgan fingerprint density at radius 3 is 2.70 bits per heavy atom. The summed E-state index contributed by atoms with van der Waals surface area (Å²) in [5, 5.41) is 5.33. The number of fused-ring (bicyclic) bond motifs is 1. The maximum absolute atomic E-state index is 12.3. The fourth-order valence-electron chi connectivity index (χ4n) is 3.87. The van der Waals surface area contributed by atoms with E-state index in [0.29, 0.717) is 24.7 Å². The number of pyridine rings is 1. The van der Waals surface area contributed by atoms with Gasteiger partial charge in [-0.25, -0.2) is 19.4 Å². The van der Waals surface area contributed by atoms with Crippen LogP contribution in [-0.4, -0.2) is 54.9 Å². The molecule has 1 saturated carbocycles. The number of aryl methyl sites for hydroxylation is 1. The van der Waals surface area contributed by atoms with Crippen molar-refractivity contribution in [2.45, 2.75) is 51.2 Å². The smallest absolute Gasteiger partial charge is 0.410 e. The molecule has 2 aliphatic rings. The maximum atomic E-state index is 12.3. The van der Waals surface area contributed by atoms with E-state index >= 15 is 0 Å². The number of nitrogens with zero attached hydrogens (tertiary/aromatic N) is 6. The Hall–Kier alpha value is -3.23. The molecule has 9 nitrogen and oxygen atoms in total. The van der Waals surface area contributed by atoms with Gasteiger partial charge in [0.25, 0.3) is 0 Å². The van der Waals surface area contributed by atoms with Gasteiger partial charge in [-0.15, -0.1) is 0 Å². The molecule has 1 aliphatic carbocycles. The van der Waals surface area contributed by atoms with Crippen molar-refractivity contribution in [3.05, 3.63) is 36.5 Å². The van der Waals surface area contributed by atoms with Crippen molar-refractivity contribution in [3.8, 4) is 11.6 Å². The predicted octanol–water partition coefficient (Wildman–Crippen LogP) is 3.65. The minimum atomic E-state index is -0.187. The van der Waals surface area contributed by atoms with E-state index in [9.17, 15) is 4.79 Å². The van der Waals surface area contributed by atoms with Crippen LogP contribution in [0.4, 0.5) is 4.79 Å². The summed E-state index contributed by atoms with van der Waals surface area (Å²) in [4.78, 5) is 27.1. The summed E-state index contributed by atoms with van der Waals surface area (Å²) in [7, 11) is 0. The van der Waals surface area contributed by atoms with Gasteiger partial charge in [0, 0.05) is 19.3 Å². The first-order valence-electron chi connectivity index (χ1n) is 10.4. The Labute approximate surface area is 174 Å². The average Bonchev–Trinajstić information content (AvgIpc) is 3.17. The van der Waals surface area contributed by atoms with Crippen molar-refractivity contribution < 1.29 is 14.3 Å². The molecule has 0 atom stereocenters. The lowest BCUT2D eigenvalue weighted by atomic mass is 9.96. The number of hydrogen-bond acceptors (Lipinski definition) is 7. The second-order valence-corrected chi connectivity index (χ2v) is 7.85. The molecule has 1 saturated heterocycles. The molecule has 0 spiro atoms. The van der Waals surface area contributed by atoms with Crippen molar-refractivity contribution in [1.82, 2.24) is 29.6 Å². The third-order valence-electron chi connectivity index (χ3n) is 5.91. The number of likely N-dealkylation sites (tertiary alicyclic amines) is 1. The van der Waals surface area contributed by atoms with E-state index in [1.54, 1.807) is 17.3 Å². The number of hydrogen-bond donors (Lipinski definition) is 0. The van der Waals surface area contributed by atoms with Gasteiger partial charge >= 0.3 is 6.09 Å². The van der Waals surface area contributed by atoms with Crippen LogP contribution < -0.4 is 4.74 Å². The van der Waals surface area contributed by atoms with Crippen LogP contribution in [0.2, 0.25) is 0 Å². The van der Waals surface area contributed by atoms with Gasteiger partial charge in [-0.3, -0.25) is 4.98 Å². The molecule has 3 aromatic heterocycles. The minimum Gasteiger partial charge on any atom is -0.446 e. The number of carbonyl (C=O) groups excluding carboxylic acids is 1. The minimum absolute atomic E-state index is 0.115. The normalized spacial score (nSPS) is 17.7. The van der Waals surface area contributed by atoms with Crippen molar-refractivity contribution >= 4 is 17.1 Å². The SMILES string of the molecule is Cc1ncccc1Oc1ncnc2c1cnn2C1CCN(C(=O)OC2CCC2)CC1. The summed E-state index contributed by atoms with van der Waals surface area (Å²) in [6.45, 7) is 3.20. The standard InChI is InChI=1S/C21H24N6O3/c1-14-18(6-3-9-22-14)30-20-17-12-25-27(19(17)23-13-24-20)15-7-10-26(11-8-15)21(28)29-16-4-2-5-16/h3,6,9,12-13,15-16H,2,4-5,7-8,10-11H2,1H3. The van der Waals surface area contributed by atoms with Crippen molar-refractivity contribution in [2.24, 2.45) is 0 Å². The van der Waals surface area contributed by atoms with E-state index in [1.165, 1.54) is 6.33 Å². The maximum Gasteiger partial charge on any atom is 0.410 e. The second kappa shape index (κ2) is 7.89. The van der Waals surface area contributed by atoms with Crippen LogP contribution in [0.15, 0.2) is 30.9 Å². The molecule has 0 radical (unpaired) electrons. The van der Waals surface area contributed by atoms with Gasteiger partial charge in [0.1, 0.15) is 17.8 Å². The highest BCUT2D eigenvalue weighted by Crippen LogP contribution is 2.31. The molecule has 3 aromatic rings. The van der Waals surface area contributed by atoms with Crippen LogP contribution in [0.1, 0.15) is 43.8 Å². The van der Waals surface area contributed by atoms with E-state index in [1.807, 2.05) is 23.7 Å². The molecule has 1 aliphatic heterocycles. The molecule has 30 heavy (non-hydrogen) atoms. The van der Waals surface area contributed by atoms with Crippen LogP contribution >= 0.6 is 0 Å². The average molecular weight is 408 g/mol. The molecule has 156 valence electrons. The molecule has 0 unspecified atom stereocenters. The molecule has 4 heterocycles. The number of amides is 1. The van der Waals surface area contributed by atoms with Gasteiger partial charge in [0.2, 0.25) is 5.88 Å². The zero-order valence-electron chi connectivity index (χ0n) is 16.9. The first-order valence-corrected chi connectivity index (χ1v) is 10.4. The molecule has 0 bridgehead atoms. The topological polar surface area (TPSA) is 95.3 Å². The van der Waals surface area contributed by atoms with Gasteiger partial charge < -0.3 is 14.4 Å². The zero-order valence-corrected chi connectivity index (χ0v) is 16.9. The first kappa shape index (κ1) is 18.8. The number of piperidine rings is 1. The third-order valence-corrected chi connectivity index (χ3v) is 5.91. The molecular formula is C21H24N6O3. The van der Waals surface area contributed by atoms with Crippen LogP contribution in [0.25, 0.3) is 11.0 Å². The monoisotopic (exact) mass is 408 g/mol. The summed E-state index contributed by atoms with van der Waals surface area (Å²) in [5.41, 5.74) is 1.52. The lowest BCUT2D eigenvalue weighted by Crippen LogP contribution is -2.41. The van der Waals surface area contributed by atoms with Gasteiger partial charge in [0.15, 0.2) is 11.4 Å². The van der Waals surface area contributed by atoms with E-state index in [0.717, 1.165) is 48.8 Å². The van der Waals surface area contributed by atoms with E-state index < -0.39 is 0 Å². The number of ether oxygens (including phenoxy) is 2. The molecule has 5 rings (SSSR count). The summed E-state index contributed by atoms with van der Waals surface area (Å²) >= 11 is 0. The molecule has 9 heteroatoms. The van der Waals surface area contributed by atoms with Gasteiger partial charge in [0.05, 0.1) is 17.9 Å². The lowest BCUT2D eigenvalue weighted by Gasteiger charge is -2.34. The van der Waals surface area contributed by atoms with E-state index in [-0.39, 0.29) is 18.2 Å². The van der Waals surface area contributed by atoms with Gasteiger partial charge in [-0.2, -0.15) is 5.10 Å². The fraction of sp³-hybridized carbons (Fsp3) is 0.476. The molecule has 0 aromatic carbocycles. The highest BCUT2D eigenvalue weighted by molar-refractivity contribution is 5.80. The summed E-state index contributed by atoms with van der Waals surface area (Å²) < 4.78 is 13.4. The molecular weight excluding hydrogens is 384 g/mol. The largest absolute Gasteiger partial charge is 0.446 e. The van der Waals surface area contributed by atoms with E-state index in [2.05, 4.69) is 20.1 Å².